The summed E-state index contributed by atoms with van der Waals surface area (Å²) < 4.78 is 11.3. The number of nitrogens with zero attached hydrogens (tertiary/aromatic N) is 1. The maximum atomic E-state index is 12.2. The van der Waals surface area contributed by atoms with Crippen molar-refractivity contribution >= 4 is 11.7 Å². The van der Waals surface area contributed by atoms with Gasteiger partial charge in [-0.1, -0.05) is 30.3 Å². The fourth-order valence-electron chi connectivity index (χ4n) is 3.62. The first kappa shape index (κ1) is 18.8. The molecule has 2 heterocycles. The van der Waals surface area contributed by atoms with Crippen LogP contribution in [0.15, 0.2) is 48.5 Å². The number of urea groups is 1. The van der Waals surface area contributed by atoms with Crippen LogP contribution in [0.2, 0.25) is 0 Å². The highest BCUT2D eigenvalue weighted by atomic mass is 16.5. The van der Waals surface area contributed by atoms with Gasteiger partial charge >= 0.3 is 6.03 Å². The average Bonchev–Trinajstić information content (AvgIpc) is 2.74. The van der Waals surface area contributed by atoms with E-state index in [1.54, 1.807) is 0 Å². The molecule has 2 amide bonds. The van der Waals surface area contributed by atoms with Gasteiger partial charge in [0.25, 0.3) is 0 Å². The number of benzene rings is 2. The monoisotopic (exact) mass is 381 g/mol. The van der Waals surface area contributed by atoms with E-state index < -0.39 is 0 Å². The van der Waals surface area contributed by atoms with Gasteiger partial charge in [-0.2, -0.15) is 0 Å². The highest BCUT2D eigenvalue weighted by molar-refractivity contribution is 5.89. The molecule has 6 nitrogen and oxygen atoms in total. The first-order valence-electron chi connectivity index (χ1n) is 9.95. The Balaban J connectivity index is 1.22. The van der Waals surface area contributed by atoms with Gasteiger partial charge in [0.15, 0.2) is 0 Å². The van der Waals surface area contributed by atoms with Gasteiger partial charge in [-0.15, -0.1) is 0 Å². The Morgan fingerprint density at radius 2 is 1.86 bits per heavy atom. The van der Waals surface area contributed by atoms with Crippen molar-refractivity contribution in [1.29, 1.82) is 0 Å². The molecule has 2 aliphatic heterocycles. The Morgan fingerprint density at radius 1 is 1.07 bits per heavy atom. The van der Waals surface area contributed by atoms with Crippen molar-refractivity contribution in [2.45, 2.75) is 25.5 Å². The van der Waals surface area contributed by atoms with E-state index in [0.717, 1.165) is 57.1 Å². The lowest BCUT2D eigenvalue weighted by Gasteiger charge is -2.26. The number of aryl methyl sites for hydroxylation is 1. The lowest BCUT2D eigenvalue weighted by Crippen LogP contribution is -2.39. The largest absolute Gasteiger partial charge is 0.488 e. The second kappa shape index (κ2) is 9.08. The standard InChI is InChI=1S/C22H27N3O3/c26-22(23-15-20-10-7-18-3-1-2-4-21(18)28-20)24-19-8-5-17(6-9-19)16-25-11-13-27-14-12-25/h1-6,8-9,20H,7,10-16H2,(H2,23,24,26)/t20-/m1/s1. The molecule has 0 aromatic heterocycles. The molecular weight excluding hydrogens is 354 g/mol. The molecule has 0 spiro atoms. The number of amides is 2. The quantitative estimate of drug-likeness (QED) is 0.836. The molecule has 2 N–H and O–H groups in total. The van der Waals surface area contributed by atoms with E-state index in [2.05, 4.69) is 33.7 Å². The summed E-state index contributed by atoms with van der Waals surface area (Å²) in [6, 6.07) is 15.9. The van der Waals surface area contributed by atoms with Gasteiger partial charge in [-0.05, 0) is 42.2 Å². The minimum absolute atomic E-state index is 0.0107. The van der Waals surface area contributed by atoms with E-state index in [1.165, 1.54) is 11.1 Å². The highest BCUT2D eigenvalue weighted by Gasteiger charge is 2.19. The van der Waals surface area contributed by atoms with Crippen LogP contribution in [-0.2, 0) is 17.7 Å². The van der Waals surface area contributed by atoms with Gasteiger partial charge in [0.2, 0.25) is 0 Å². The number of fused-ring (bicyclic) bond motifs is 1. The minimum atomic E-state index is -0.205. The number of para-hydroxylation sites is 1. The SMILES string of the molecule is O=C(NC[C@H]1CCc2ccccc2O1)Nc1ccc(CN2CCOCC2)cc1. The third-order valence-corrected chi connectivity index (χ3v) is 5.21. The Hall–Kier alpha value is -2.57. The zero-order valence-corrected chi connectivity index (χ0v) is 16.0. The third-order valence-electron chi connectivity index (χ3n) is 5.21. The van der Waals surface area contributed by atoms with Crippen LogP contribution in [0.3, 0.4) is 0 Å². The Morgan fingerprint density at radius 3 is 2.68 bits per heavy atom. The number of ether oxygens (including phenoxy) is 2. The fraction of sp³-hybridized carbons (Fsp3) is 0.409. The number of nitrogens with one attached hydrogen (secondary N) is 2. The van der Waals surface area contributed by atoms with E-state index in [0.29, 0.717) is 6.54 Å². The summed E-state index contributed by atoms with van der Waals surface area (Å²) in [4.78, 5) is 14.6. The first-order chi connectivity index (χ1) is 13.8. The number of hydrogen-bond donors (Lipinski definition) is 2. The van der Waals surface area contributed by atoms with E-state index in [9.17, 15) is 4.79 Å². The zero-order valence-electron chi connectivity index (χ0n) is 16.0. The Labute approximate surface area is 165 Å². The zero-order chi connectivity index (χ0) is 19.2. The van der Waals surface area contributed by atoms with Crippen LogP contribution in [0.4, 0.5) is 10.5 Å². The molecule has 0 saturated carbocycles. The van der Waals surface area contributed by atoms with Crippen molar-refractivity contribution in [2.24, 2.45) is 0 Å². The molecule has 0 radical (unpaired) electrons. The Bertz CT molecular complexity index is 788. The van der Waals surface area contributed by atoms with Crippen molar-refractivity contribution in [3.63, 3.8) is 0 Å². The number of carbonyl (C=O) groups is 1. The highest BCUT2D eigenvalue weighted by Crippen LogP contribution is 2.26. The topological polar surface area (TPSA) is 62.8 Å². The van der Waals surface area contributed by atoms with Gasteiger partial charge in [-0.3, -0.25) is 4.90 Å². The van der Waals surface area contributed by atoms with Crippen molar-refractivity contribution in [3.8, 4) is 5.75 Å². The van der Waals surface area contributed by atoms with E-state index in [1.807, 2.05) is 30.3 Å². The lowest BCUT2D eigenvalue weighted by atomic mass is 10.0. The second-order valence-electron chi connectivity index (χ2n) is 7.31. The van der Waals surface area contributed by atoms with Crippen LogP contribution < -0.4 is 15.4 Å². The predicted octanol–water partition coefficient (Wildman–Crippen LogP) is 3.03. The smallest absolute Gasteiger partial charge is 0.319 e. The van der Waals surface area contributed by atoms with Crippen LogP contribution in [0, 0.1) is 0 Å². The first-order valence-corrected chi connectivity index (χ1v) is 9.95. The molecule has 1 atom stereocenters. The normalized spacial score (nSPS) is 19.4. The number of morpholine rings is 1. The number of hydrogen-bond acceptors (Lipinski definition) is 4. The van der Waals surface area contributed by atoms with E-state index in [4.69, 9.17) is 9.47 Å². The molecular formula is C22H27N3O3. The van der Waals surface area contributed by atoms with Crippen LogP contribution in [-0.4, -0.2) is 49.9 Å². The molecule has 6 heteroatoms. The summed E-state index contributed by atoms with van der Waals surface area (Å²) in [7, 11) is 0. The van der Waals surface area contributed by atoms with Crippen LogP contribution in [0.5, 0.6) is 5.75 Å². The number of rotatable bonds is 5. The number of anilines is 1. The van der Waals surface area contributed by atoms with Gasteiger partial charge in [-0.25, -0.2) is 4.79 Å². The molecule has 0 bridgehead atoms. The molecule has 2 aromatic carbocycles. The van der Waals surface area contributed by atoms with Gasteiger partial charge in [0, 0.05) is 25.3 Å². The molecule has 28 heavy (non-hydrogen) atoms. The third kappa shape index (κ3) is 5.03. The molecule has 2 aromatic rings. The van der Waals surface area contributed by atoms with Crippen LogP contribution in [0.1, 0.15) is 17.5 Å². The summed E-state index contributed by atoms with van der Waals surface area (Å²) in [5.74, 6) is 0.928. The van der Waals surface area contributed by atoms with Crippen molar-refractivity contribution in [2.75, 3.05) is 38.2 Å². The predicted molar refractivity (Wildman–Crippen MR) is 109 cm³/mol. The molecule has 1 fully saturated rings. The van der Waals surface area contributed by atoms with E-state index in [-0.39, 0.29) is 12.1 Å². The Kier molecular flexibility index (Phi) is 6.09. The molecule has 1 saturated heterocycles. The molecule has 0 aliphatic carbocycles. The number of carbonyl (C=O) groups excluding carboxylic acids is 1. The molecule has 2 aliphatic rings. The summed E-state index contributed by atoms with van der Waals surface area (Å²) in [6.07, 6.45) is 1.90. The molecule has 0 unspecified atom stereocenters. The summed E-state index contributed by atoms with van der Waals surface area (Å²) in [6.45, 7) is 4.95. The van der Waals surface area contributed by atoms with Crippen LogP contribution in [0.25, 0.3) is 0 Å². The lowest BCUT2D eigenvalue weighted by molar-refractivity contribution is 0.0342. The summed E-state index contributed by atoms with van der Waals surface area (Å²) in [5.41, 5.74) is 3.26. The second-order valence-corrected chi connectivity index (χ2v) is 7.31. The van der Waals surface area contributed by atoms with Crippen molar-refractivity contribution in [3.05, 3.63) is 59.7 Å². The van der Waals surface area contributed by atoms with E-state index >= 15 is 0 Å². The molecule has 4 rings (SSSR count). The minimum Gasteiger partial charge on any atom is -0.488 e. The maximum absolute atomic E-state index is 12.2. The van der Waals surface area contributed by atoms with Crippen LogP contribution >= 0.6 is 0 Å². The van der Waals surface area contributed by atoms with Crippen molar-refractivity contribution in [1.82, 2.24) is 10.2 Å². The average molecular weight is 381 g/mol. The van der Waals surface area contributed by atoms with Gasteiger partial charge < -0.3 is 20.1 Å². The summed E-state index contributed by atoms with van der Waals surface area (Å²) >= 11 is 0. The molecule has 148 valence electrons. The maximum Gasteiger partial charge on any atom is 0.319 e. The summed E-state index contributed by atoms with van der Waals surface area (Å²) in [5, 5.41) is 5.81. The van der Waals surface area contributed by atoms with Crippen molar-refractivity contribution < 1.29 is 14.3 Å². The van der Waals surface area contributed by atoms with Gasteiger partial charge in [0.1, 0.15) is 11.9 Å². The fourth-order valence-corrected chi connectivity index (χ4v) is 3.62. The van der Waals surface area contributed by atoms with Gasteiger partial charge in [0.05, 0.1) is 19.8 Å².